The van der Waals surface area contributed by atoms with Crippen LogP contribution >= 0.6 is 0 Å². The quantitative estimate of drug-likeness (QED) is 0.821. The summed E-state index contributed by atoms with van der Waals surface area (Å²) in [5, 5.41) is 4.37. The van der Waals surface area contributed by atoms with E-state index in [1.54, 1.807) is 13.8 Å². The van der Waals surface area contributed by atoms with E-state index in [0.717, 1.165) is 0 Å². The van der Waals surface area contributed by atoms with Crippen molar-refractivity contribution in [2.24, 2.45) is 5.14 Å². The maximum Gasteiger partial charge on any atom is 0.231 e. The van der Waals surface area contributed by atoms with E-state index in [9.17, 15) is 8.42 Å². The number of primary sulfonamides is 1. The lowest BCUT2D eigenvalue weighted by molar-refractivity contribution is 0.394. The molecule has 6 nitrogen and oxygen atoms in total. The highest BCUT2D eigenvalue weighted by atomic mass is 32.2. The van der Waals surface area contributed by atoms with Gasteiger partial charge >= 0.3 is 0 Å². The van der Waals surface area contributed by atoms with Crippen molar-refractivity contribution in [2.75, 3.05) is 7.11 Å². The molecule has 0 aromatic carbocycles. The fourth-order valence-corrected chi connectivity index (χ4v) is 1.90. The van der Waals surface area contributed by atoms with Gasteiger partial charge in [-0.15, -0.1) is 0 Å². The largest absolute Gasteiger partial charge is 0.480 e. The summed E-state index contributed by atoms with van der Waals surface area (Å²) in [5.74, 6) is 0.0765. The van der Waals surface area contributed by atoms with Gasteiger partial charge in [-0.3, -0.25) is 4.98 Å². The van der Waals surface area contributed by atoms with Crippen LogP contribution in [0.2, 0.25) is 0 Å². The third-order valence-corrected chi connectivity index (χ3v) is 3.99. The summed E-state index contributed by atoms with van der Waals surface area (Å²) in [6, 6.07) is 0. The molecule has 0 aliphatic carbocycles. The fraction of sp³-hybridized carbons (Fsp3) is 0.556. The first kappa shape index (κ1) is 12.9. The minimum atomic E-state index is -3.56. The van der Waals surface area contributed by atoms with Gasteiger partial charge in [-0.05, 0) is 6.92 Å². The van der Waals surface area contributed by atoms with Crippen LogP contribution in [0.4, 0.5) is 0 Å². The Balaban J connectivity index is 2.92. The molecule has 1 heterocycles. The monoisotopic (exact) mass is 245 g/mol. The van der Waals surface area contributed by atoms with Crippen LogP contribution in [0, 0.1) is 0 Å². The number of hydrogen-bond donors (Lipinski definition) is 1. The molecule has 2 N–H and O–H groups in total. The molecule has 0 aliphatic heterocycles. The summed E-state index contributed by atoms with van der Waals surface area (Å²) in [6.45, 7) is 3.29. The second kappa shape index (κ2) is 4.75. The Morgan fingerprint density at radius 2 is 1.94 bits per heavy atom. The van der Waals surface area contributed by atoms with Crippen molar-refractivity contribution in [3.63, 3.8) is 0 Å². The zero-order chi connectivity index (χ0) is 12.3. The minimum Gasteiger partial charge on any atom is -0.480 e. The van der Waals surface area contributed by atoms with Gasteiger partial charge in [0.05, 0.1) is 30.4 Å². The molecule has 0 unspecified atom stereocenters. The average molecular weight is 245 g/mol. The van der Waals surface area contributed by atoms with Crippen LogP contribution in [0.15, 0.2) is 12.4 Å². The molecule has 0 saturated carbocycles. The number of aromatic nitrogens is 2. The molecule has 0 fully saturated rings. The van der Waals surface area contributed by atoms with Crippen LogP contribution in [0.1, 0.15) is 25.5 Å². The Morgan fingerprint density at radius 3 is 2.31 bits per heavy atom. The number of rotatable bonds is 4. The molecule has 0 spiro atoms. The van der Waals surface area contributed by atoms with Crippen LogP contribution in [-0.4, -0.2) is 30.7 Å². The average Bonchev–Trinajstić information content (AvgIpc) is 2.26. The lowest BCUT2D eigenvalue weighted by atomic mass is 10.1. The maximum absolute atomic E-state index is 11.2. The molecule has 90 valence electrons. The van der Waals surface area contributed by atoms with Gasteiger partial charge in [-0.1, -0.05) is 6.92 Å². The third kappa shape index (κ3) is 2.89. The molecular formula is C9H15N3O3S. The number of methoxy groups -OCH3 is 1. The molecule has 2 atom stereocenters. The molecule has 1 rings (SSSR count). The van der Waals surface area contributed by atoms with E-state index in [2.05, 4.69) is 9.97 Å². The smallest absolute Gasteiger partial charge is 0.231 e. The molecule has 1 aromatic rings. The fourth-order valence-electron chi connectivity index (χ4n) is 1.19. The van der Waals surface area contributed by atoms with Crippen molar-refractivity contribution in [1.29, 1.82) is 0 Å². The van der Waals surface area contributed by atoms with Crippen LogP contribution in [0.25, 0.3) is 0 Å². The molecular weight excluding hydrogens is 230 g/mol. The first-order valence-electron chi connectivity index (χ1n) is 4.73. The van der Waals surface area contributed by atoms with Crippen LogP contribution in [0.5, 0.6) is 5.88 Å². The number of ether oxygens (including phenoxy) is 1. The maximum atomic E-state index is 11.2. The van der Waals surface area contributed by atoms with Gasteiger partial charge in [0.1, 0.15) is 0 Å². The van der Waals surface area contributed by atoms with Crippen molar-refractivity contribution >= 4 is 10.0 Å². The standard InChI is InChI=1S/C9H15N3O3S/c1-6(7(2)16(10,13)14)8-4-12-9(15-3)5-11-8/h4-7H,1-3H3,(H2,10,13,14)/t6-,7-/m1/s1. The summed E-state index contributed by atoms with van der Waals surface area (Å²) in [4.78, 5) is 8.04. The summed E-state index contributed by atoms with van der Waals surface area (Å²) >= 11 is 0. The van der Waals surface area contributed by atoms with Gasteiger partial charge in [0.25, 0.3) is 0 Å². The Morgan fingerprint density at radius 1 is 1.31 bits per heavy atom. The number of nitrogens with two attached hydrogens (primary N) is 1. The molecule has 7 heteroatoms. The van der Waals surface area contributed by atoms with Crippen LogP contribution < -0.4 is 9.88 Å². The first-order valence-corrected chi connectivity index (χ1v) is 6.34. The highest BCUT2D eigenvalue weighted by molar-refractivity contribution is 7.89. The SMILES string of the molecule is COc1cnc([C@H](C)[C@@H](C)S(N)(=O)=O)cn1. The summed E-state index contributed by atoms with van der Waals surface area (Å²) in [6.07, 6.45) is 2.94. The van der Waals surface area contributed by atoms with E-state index in [1.807, 2.05) is 0 Å². The first-order chi connectivity index (χ1) is 7.36. The summed E-state index contributed by atoms with van der Waals surface area (Å²) in [5.41, 5.74) is 0.572. The minimum absolute atomic E-state index is 0.312. The molecule has 0 radical (unpaired) electrons. The van der Waals surface area contributed by atoms with Gasteiger partial charge in [0.15, 0.2) is 0 Å². The van der Waals surface area contributed by atoms with Crippen LogP contribution in [0.3, 0.4) is 0 Å². The second-order valence-corrected chi connectivity index (χ2v) is 5.49. The molecule has 0 saturated heterocycles. The predicted octanol–water partition coefficient (Wildman–Crippen LogP) is 0.266. The van der Waals surface area contributed by atoms with Crippen molar-refractivity contribution < 1.29 is 13.2 Å². The number of sulfonamides is 1. The number of hydrogen-bond acceptors (Lipinski definition) is 5. The van der Waals surface area contributed by atoms with Gasteiger partial charge in [0.2, 0.25) is 15.9 Å². The van der Waals surface area contributed by atoms with E-state index in [1.165, 1.54) is 19.5 Å². The highest BCUT2D eigenvalue weighted by Crippen LogP contribution is 2.21. The highest BCUT2D eigenvalue weighted by Gasteiger charge is 2.25. The summed E-state index contributed by atoms with van der Waals surface area (Å²) < 4.78 is 27.2. The Kier molecular flexibility index (Phi) is 3.82. The van der Waals surface area contributed by atoms with E-state index >= 15 is 0 Å². The normalized spacial score (nSPS) is 15.5. The predicted molar refractivity (Wildman–Crippen MR) is 59.6 cm³/mol. The van der Waals surface area contributed by atoms with Gasteiger partial charge in [-0.25, -0.2) is 18.5 Å². The lowest BCUT2D eigenvalue weighted by Gasteiger charge is -2.16. The Hall–Kier alpha value is -1.21. The van der Waals surface area contributed by atoms with E-state index in [-0.39, 0.29) is 5.92 Å². The van der Waals surface area contributed by atoms with Crippen LogP contribution in [-0.2, 0) is 10.0 Å². The van der Waals surface area contributed by atoms with Crippen molar-refractivity contribution in [3.05, 3.63) is 18.1 Å². The zero-order valence-corrected chi connectivity index (χ0v) is 10.2. The van der Waals surface area contributed by atoms with E-state index < -0.39 is 15.3 Å². The van der Waals surface area contributed by atoms with E-state index in [4.69, 9.17) is 9.88 Å². The zero-order valence-electron chi connectivity index (χ0n) is 9.41. The van der Waals surface area contributed by atoms with Gasteiger partial charge in [-0.2, -0.15) is 0 Å². The Bertz CT molecular complexity index is 444. The van der Waals surface area contributed by atoms with Gasteiger partial charge in [0, 0.05) is 5.92 Å². The van der Waals surface area contributed by atoms with Crippen molar-refractivity contribution in [3.8, 4) is 5.88 Å². The van der Waals surface area contributed by atoms with Crippen molar-refractivity contribution in [1.82, 2.24) is 9.97 Å². The third-order valence-electron chi connectivity index (χ3n) is 2.55. The van der Waals surface area contributed by atoms with E-state index in [0.29, 0.717) is 11.6 Å². The number of nitrogens with zero attached hydrogens (tertiary/aromatic N) is 2. The van der Waals surface area contributed by atoms with Crippen molar-refractivity contribution in [2.45, 2.75) is 25.0 Å². The topological polar surface area (TPSA) is 95.2 Å². The lowest BCUT2D eigenvalue weighted by Crippen LogP contribution is -2.30. The molecule has 0 bridgehead atoms. The molecule has 0 aliphatic rings. The Labute approximate surface area is 94.9 Å². The summed E-state index contributed by atoms with van der Waals surface area (Å²) in [7, 11) is -2.08. The van der Waals surface area contributed by atoms with Gasteiger partial charge < -0.3 is 4.74 Å². The molecule has 1 aromatic heterocycles. The molecule has 16 heavy (non-hydrogen) atoms. The second-order valence-electron chi connectivity index (χ2n) is 3.57. The molecule has 0 amide bonds.